The number of nitrogens with zero attached hydrogens (tertiary/aromatic N) is 3. The highest BCUT2D eigenvalue weighted by Gasteiger charge is 2.35. The van der Waals surface area contributed by atoms with Crippen LogP contribution in [-0.2, 0) is 9.59 Å². The van der Waals surface area contributed by atoms with Gasteiger partial charge in [-0.2, -0.15) is 5.10 Å². The molecular weight excluding hydrogens is 330 g/mol. The van der Waals surface area contributed by atoms with Crippen LogP contribution >= 0.6 is 0 Å². The lowest BCUT2D eigenvalue weighted by Crippen LogP contribution is -2.53. The first-order chi connectivity index (χ1) is 12.5. The molecule has 0 radical (unpaired) electrons. The Morgan fingerprint density at radius 2 is 2.12 bits per heavy atom. The van der Waals surface area contributed by atoms with Crippen molar-refractivity contribution in [3.05, 3.63) is 42.2 Å². The van der Waals surface area contributed by atoms with E-state index >= 15 is 0 Å². The van der Waals surface area contributed by atoms with Gasteiger partial charge < -0.3 is 10.2 Å². The summed E-state index contributed by atoms with van der Waals surface area (Å²) in [5.41, 5.74) is 2.57. The van der Waals surface area contributed by atoms with Crippen LogP contribution in [0.5, 0.6) is 0 Å². The molecule has 1 aliphatic carbocycles. The minimum Gasteiger partial charge on any atom is -0.337 e. The van der Waals surface area contributed by atoms with Crippen LogP contribution in [0.25, 0.3) is 11.4 Å². The first kappa shape index (κ1) is 16.5. The Morgan fingerprint density at radius 1 is 1.35 bits per heavy atom. The van der Waals surface area contributed by atoms with Gasteiger partial charge in [0.1, 0.15) is 5.82 Å². The molecule has 1 saturated heterocycles. The van der Waals surface area contributed by atoms with E-state index in [2.05, 4.69) is 27.1 Å². The number of aromatic nitrogens is 3. The van der Waals surface area contributed by atoms with E-state index in [4.69, 9.17) is 0 Å². The summed E-state index contributed by atoms with van der Waals surface area (Å²) in [5.74, 6) is 1.56. The molecular formula is C19H21N5O2. The van der Waals surface area contributed by atoms with Crippen molar-refractivity contribution in [2.45, 2.75) is 25.7 Å². The molecule has 2 aliphatic rings. The Morgan fingerprint density at radius 3 is 2.81 bits per heavy atom. The number of nitrogens with one attached hydrogen (secondary N) is 2. The lowest BCUT2D eigenvalue weighted by atomic mass is 9.98. The SMILES string of the molecule is C=CC(=O)N1CC(C(=O)Nc2ccc(C)cc2-c2n[nH]c(C3CC3)n2)C1. The number of rotatable bonds is 5. The highest BCUT2D eigenvalue weighted by atomic mass is 16.2. The molecule has 2 N–H and O–H groups in total. The van der Waals surface area contributed by atoms with Gasteiger partial charge in [0, 0.05) is 24.6 Å². The van der Waals surface area contributed by atoms with E-state index in [0.29, 0.717) is 30.5 Å². The fourth-order valence-electron chi connectivity index (χ4n) is 3.07. The maximum atomic E-state index is 12.5. The van der Waals surface area contributed by atoms with Crippen molar-refractivity contribution in [2.24, 2.45) is 5.92 Å². The lowest BCUT2D eigenvalue weighted by Gasteiger charge is -2.37. The average molecular weight is 351 g/mol. The molecule has 2 aromatic rings. The number of H-pyrrole nitrogens is 1. The summed E-state index contributed by atoms with van der Waals surface area (Å²) in [6.07, 6.45) is 3.56. The van der Waals surface area contributed by atoms with Gasteiger partial charge in [0.15, 0.2) is 5.82 Å². The molecule has 1 aromatic carbocycles. The van der Waals surface area contributed by atoms with Crippen LogP contribution in [0.15, 0.2) is 30.9 Å². The molecule has 4 rings (SSSR count). The quantitative estimate of drug-likeness (QED) is 0.808. The Labute approximate surface area is 151 Å². The monoisotopic (exact) mass is 351 g/mol. The van der Waals surface area contributed by atoms with Crippen molar-refractivity contribution < 1.29 is 9.59 Å². The molecule has 0 spiro atoms. The molecule has 7 nitrogen and oxygen atoms in total. The third kappa shape index (κ3) is 3.12. The van der Waals surface area contributed by atoms with Crippen LogP contribution in [0.1, 0.15) is 30.1 Å². The molecule has 1 aromatic heterocycles. The Hall–Kier alpha value is -2.96. The predicted molar refractivity (Wildman–Crippen MR) is 97.4 cm³/mol. The lowest BCUT2D eigenvalue weighted by molar-refractivity contribution is -0.137. The minimum atomic E-state index is -0.206. The smallest absolute Gasteiger partial charge is 0.246 e. The summed E-state index contributed by atoms with van der Waals surface area (Å²) in [6, 6.07) is 5.80. The normalized spacial score (nSPS) is 16.9. The summed E-state index contributed by atoms with van der Waals surface area (Å²) in [7, 11) is 0. The molecule has 0 bridgehead atoms. The molecule has 1 saturated carbocycles. The Bertz CT molecular complexity index is 878. The van der Waals surface area contributed by atoms with Gasteiger partial charge in [-0.15, -0.1) is 0 Å². The van der Waals surface area contributed by atoms with E-state index in [1.54, 1.807) is 4.90 Å². The zero-order chi connectivity index (χ0) is 18.3. The number of anilines is 1. The zero-order valence-corrected chi connectivity index (χ0v) is 14.7. The largest absolute Gasteiger partial charge is 0.337 e. The number of hydrogen-bond acceptors (Lipinski definition) is 4. The molecule has 26 heavy (non-hydrogen) atoms. The maximum absolute atomic E-state index is 12.5. The van der Waals surface area contributed by atoms with Gasteiger partial charge in [0.05, 0.1) is 11.6 Å². The number of carbonyl (C=O) groups is 2. The van der Waals surface area contributed by atoms with E-state index in [1.807, 2.05) is 25.1 Å². The molecule has 2 fully saturated rings. The predicted octanol–water partition coefficient (Wildman–Crippen LogP) is 2.24. The second kappa shape index (κ2) is 6.40. The van der Waals surface area contributed by atoms with Gasteiger partial charge in [0.25, 0.3) is 0 Å². The van der Waals surface area contributed by atoms with E-state index in [0.717, 1.165) is 29.8 Å². The van der Waals surface area contributed by atoms with Crippen LogP contribution in [0.2, 0.25) is 0 Å². The van der Waals surface area contributed by atoms with Gasteiger partial charge >= 0.3 is 0 Å². The first-order valence-electron chi connectivity index (χ1n) is 8.80. The van der Waals surface area contributed by atoms with Gasteiger partial charge in [-0.05, 0) is 38.0 Å². The number of likely N-dealkylation sites (tertiary alicyclic amines) is 1. The molecule has 7 heteroatoms. The minimum absolute atomic E-state index is 0.0961. The summed E-state index contributed by atoms with van der Waals surface area (Å²) < 4.78 is 0. The van der Waals surface area contributed by atoms with Crippen molar-refractivity contribution in [1.29, 1.82) is 0 Å². The summed E-state index contributed by atoms with van der Waals surface area (Å²) in [6.45, 7) is 6.30. The standard InChI is InChI=1S/C19H21N5O2/c1-3-16(25)24-9-13(10-24)19(26)20-15-7-4-11(2)8-14(15)18-21-17(22-23-18)12-5-6-12/h3-4,7-8,12-13H,1,5-6,9-10H2,2H3,(H,20,26)(H,21,22,23). The highest BCUT2D eigenvalue weighted by Crippen LogP contribution is 2.39. The number of carbonyl (C=O) groups excluding carboxylic acids is 2. The van der Waals surface area contributed by atoms with Crippen LogP contribution in [0, 0.1) is 12.8 Å². The Kier molecular flexibility index (Phi) is 4.06. The fourth-order valence-corrected chi connectivity index (χ4v) is 3.07. The average Bonchev–Trinajstić information content (AvgIpc) is 3.32. The molecule has 0 atom stereocenters. The fraction of sp³-hybridized carbons (Fsp3) is 0.368. The zero-order valence-electron chi connectivity index (χ0n) is 14.7. The van der Waals surface area contributed by atoms with E-state index in [-0.39, 0.29) is 17.7 Å². The van der Waals surface area contributed by atoms with Crippen LogP contribution in [-0.4, -0.2) is 45.0 Å². The van der Waals surface area contributed by atoms with Crippen LogP contribution in [0.3, 0.4) is 0 Å². The van der Waals surface area contributed by atoms with Gasteiger partial charge in [-0.25, -0.2) is 4.98 Å². The molecule has 1 aliphatic heterocycles. The van der Waals surface area contributed by atoms with Gasteiger partial charge in [-0.3, -0.25) is 14.7 Å². The molecule has 2 amide bonds. The Balaban J connectivity index is 1.50. The van der Waals surface area contributed by atoms with E-state index in [1.165, 1.54) is 6.08 Å². The van der Waals surface area contributed by atoms with Crippen molar-refractivity contribution in [2.75, 3.05) is 18.4 Å². The first-order valence-corrected chi connectivity index (χ1v) is 8.80. The third-order valence-electron chi connectivity index (χ3n) is 4.88. The topological polar surface area (TPSA) is 91.0 Å². The van der Waals surface area contributed by atoms with Crippen molar-refractivity contribution in [1.82, 2.24) is 20.1 Å². The van der Waals surface area contributed by atoms with Gasteiger partial charge in [0.2, 0.25) is 11.8 Å². The van der Waals surface area contributed by atoms with Crippen LogP contribution in [0.4, 0.5) is 5.69 Å². The maximum Gasteiger partial charge on any atom is 0.246 e. The molecule has 134 valence electrons. The van der Waals surface area contributed by atoms with Crippen molar-refractivity contribution in [3.8, 4) is 11.4 Å². The second-order valence-electron chi connectivity index (χ2n) is 7.00. The second-order valence-corrected chi connectivity index (χ2v) is 7.00. The van der Waals surface area contributed by atoms with Crippen molar-refractivity contribution in [3.63, 3.8) is 0 Å². The number of aromatic amines is 1. The number of amides is 2. The van der Waals surface area contributed by atoms with E-state index in [9.17, 15) is 9.59 Å². The summed E-state index contributed by atoms with van der Waals surface area (Å²) in [4.78, 5) is 30.2. The third-order valence-corrected chi connectivity index (χ3v) is 4.88. The van der Waals surface area contributed by atoms with E-state index < -0.39 is 0 Å². The highest BCUT2D eigenvalue weighted by molar-refractivity contribution is 5.98. The summed E-state index contributed by atoms with van der Waals surface area (Å²) >= 11 is 0. The molecule has 2 heterocycles. The number of hydrogen-bond donors (Lipinski definition) is 2. The van der Waals surface area contributed by atoms with Gasteiger partial charge in [-0.1, -0.05) is 18.2 Å². The summed E-state index contributed by atoms with van der Waals surface area (Å²) in [5, 5.41) is 10.3. The molecule has 0 unspecified atom stereocenters. The number of aryl methyl sites for hydroxylation is 1. The van der Waals surface area contributed by atoms with Crippen LogP contribution < -0.4 is 5.32 Å². The van der Waals surface area contributed by atoms with Crippen molar-refractivity contribution >= 4 is 17.5 Å². The number of benzene rings is 1.